The lowest BCUT2D eigenvalue weighted by molar-refractivity contribution is -0.179. The van der Waals surface area contributed by atoms with E-state index in [0.29, 0.717) is 18.2 Å². The molecule has 0 bridgehead atoms. The SMILES string of the molecule is O=C(OC1CNC1)ON1C(=O)CCC1=O. The Labute approximate surface area is 85.3 Å². The first-order valence-corrected chi connectivity index (χ1v) is 4.62. The van der Waals surface area contributed by atoms with Crippen LogP contribution in [0.15, 0.2) is 0 Å². The zero-order valence-corrected chi connectivity index (χ0v) is 7.89. The van der Waals surface area contributed by atoms with Gasteiger partial charge in [0.25, 0.3) is 11.8 Å². The number of hydrogen-bond acceptors (Lipinski definition) is 6. The fourth-order valence-corrected chi connectivity index (χ4v) is 1.24. The van der Waals surface area contributed by atoms with E-state index in [-0.39, 0.29) is 18.9 Å². The fraction of sp³-hybridized carbons (Fsp3) is 0.625. The van der Waals surface area contributed by atoms with Crippen molar-refractivity contribution in [3.63, 3.8) is 0 Å². The van der Waals surface area contributed by atoms with Crippen LogP contribution in [0.1, 0.15) is 12.8 Å². The molecule has 2 saturated heterocycles. The highest BCUT2D eigenvalue weighted by Gasteiger charge is 2.34. The van der Waals surface area contributed by atoms with Gasteiger partial charge < -0.3 is 10.1 Å². The number of rotatable bonds is 2. The third-order valence-electron chi connectivity index (χ3n) is 2.18. The lowest BCUT2D eigenvalue weighted by atomic mass is 10.2. The van der Waals surface area contributed by atoms with E-state index < -0.39 is 18.0 Å². The maximum absolute atomic E-state index is 11.1. The number of nitrogens with zero attached hydrogens (tertiary/aromatic N) is 1. The van der Waals surface area contributed by atoms with Crippen molar-refractivity contribution < 1.29 is 24.0 Å². The third-order valence-corrected chi connectivity index (χ3v) is 2.18. The summed E-state index contributed by atoms with van der Waals surface area (Å²) in [6, 6.07) is 0. The minimum absolute atomic E-state index is 0.0805. The van der Waals surface area contributed by atoms with Gasteiger partial charge in [-0.25, -0.2) is 4.79 Å². The molecular weight excluding hydrogens is 204 g/mol. The normalized spacial score (nSPS) is 21.5. The predicted molar refractivity (Wildman–Crippen MR) is 45.3 cm³/mol. The predicted octanol–water partition coefficient (Wildman–Crippen LogP) is -0.825. The highest BCUT2D eigenvalue weighted by atomic mass is 16.8. The van der Waals surface area contributed by atoms with Crippen LogP contribution in [-0.2, 0) is 19.2 Å². The number of carbonyl (C=O) groups excluding carboxylic acids is 3. The van der Waals surface area contributed by atoms with E-state index in [0.717, 1.165) is 0 Å². The number of imide groups is 1. The van der Waals surface area contributed by atoms with Crippen molar-refractivity contribution >= 4 is 18.0 Å². The molecule has 0 radical (unpaired) electrons. The Morgan fingerprint density at radius 1 is 1.27 bits per heavy atom. The van der Waals surface area contributed by atoms with Gasteiger partial charge in [0, 0.05) is 25.9 Å². The van der Waals surface area contributed by atoms with Gasteiger partial charge in [0.05, 0.1) is 0 Å². The number of hydroxylamine groups is 2. The molecule has 0 aromatic carbocycles. The first-order chi connectivity index (χ1) is 7.16. The maximum Gasteiger partial charge on any atom is 0.534 e. The average molecular weight is 214 g/mol. The van der Waals surface area contributed by atoms with Crippen LogP contribution >= 0.6 is 0 Å². The van der Waals surface area contributed by atoms with E-state index in [2.05, 4.69) is 10.2 Å². The minimum Gasteiger partial charge on any atom is -0.427 e. The zero-order valence-electron chi connectivity index (χ0n) is 7.89. The number of carbonyl (C=O) groups is 3. The summed E-state index contributed by atoms with van der Waals surface area (Å²) in [5.74, 6) is -1.02. The van der Waals surface area contributed by atoms with Crippen LogP contribution in [-0.4, -0.2) is 42.2 Å². The van der Waals surface area contributed by atoms with Crippen LogP contribution in [0.4, 0.5) is 4.79 Å². The Kier molecular flexibility index (Phi) is 2.55. The number of amides is 2. The molecule has 0 atom stereocenters. The van der Waals surface area contributed by atoms with Gasteiger partial charge >= 0.3 is 6.16 Å². The van der Waals surface area contributed by atoms with E-state index >= 15 is 0 Å². The van der Waals surface area contributed by atoms with Crippen LogP contribution in [0.25, 0.3) is 0 Å². The van der Waals surface area contributed by atoms with E-state index in [4.69, 9.17) is 4.74 Å². The molecule has 82 valence electrons. The van der Waals surface area contributed by atoms with E-state index in [1.165, 1.54) is 0 Å². The van der Waals surface area contributed by atoms with Gasteiger partial charge in [-0.2, -0.15) is 0 Å². The van der Waals surface area contributed by atoms with Gasteiger partial charge in [0.1, 0.15) is 6.10 Å². The van der Waals surface area contributed by atoms with Gasteiger partial charge in [-0.05, 0) is 0 Å². The fourth-order valence-electron chi connectivity index (χ4n) is 1.24. The smallest absolute Gasteiger partial charge is 0.427 e. The second-order valence-corrected chi connectivity index (χ2v) is 3.32. The summed E-state index contributed by atoms with van der Waals surface area (Å²) in [5, 5.41) is 3.36. The van der Waals surface area contributed by atoms with Crippen LogP contribution in [0.3, 0.4) is 0 Å². The van der Waals surface area contributed by atoms with Crippen molar-refractivity contribution in [2.45, 2.75) is 18.9 Å². The van der Waals surface area contributed by atoms with Crippen molar-refractivity contribution in [3.05, 3.63) is 0 Å². The summed E-state index contributed by atoms with van der Waals surface area (Å²) in [7, 11) is 0. The number of ether oxygens (including phenoxy) is 1. The van der Waals surface area contributed by atoms with Crippen LogP contribution in [0.2, 0.25) is 0 Å². The molecule has 1 N–H and O–H groups in total. The lowest BCUT2D eigenvalue weighted by Gasteiger charge is -2.26. The molecule has 0 saturated carbocycles. The topological polar surface area (TPSA) is 84.9 Å². The van der Waals surface area contributed by atoms with Gasteiger partial charge in [-0.1, -0.05) is 5.06 Å². The van der Waals surface area contributed by atoms with Gasteiger partial charge in [0.2, 0.25) is 0 Å². The van der Waals surface area contributed by atoms with Crippen LogP contribution < -0.4 is 5.32 Å². The monoisotopic (exact) mass is 214 g/mol. The molecule has 0 aromatic heterocycles. The Morgan fingerprint density at radius 2 is 1.87 bits per heavy atom. The Hall–Kier alpha value is -1.63. The molecule has 0 aromatic rings. The summed E-state index contributed by atoms with van der Waals surface area (Å²) in [6.07, 6.45) is -1.08. The first-order valence-electron chi connectivity index (χ1n) is 4.62. The Bertz CT molecular complexity index is 296. The molecule has 2 rings (SSSR count). The Balaban J connectivity index is 1.82. The second kappa shape index (κ2) is 3.85. The van der Waals surface area contributed by atoms with Gasteiger partial charge in [-0.15, -0.1) is 0 Å². The lowest BCUT2D eigenvalue weighted by Crippen LogP contribution is -2.50. The first kappa shape index (κ1) is 9.91. The number of hydrogen-bond donors (Lipinski definition) is 1. The molecule has 2 amide bonds. The molecule has 2 heterocycles. The molecule has 15 heavy (non-hydrogen) atoms. The van der Waals surface area contributed by atoms with Crippen molar-refractivity contribution in [1.82, 2.24) is 10.4 Å². The highest BCUT2D eigenvalue weighted by Crippen LogP contribution is 2.13. The molecule has 7 nitrogen and oxygen atoms in total. The molecule has 2 fully saturated rings. The van der Waals surface area contributed by atoms with Crippen molar-refractivity contribution in [2.75, 3.05) is 13.1 Å². The minimum atomic E-state index is -1.01. The highest BCUT2D eigenvalue weighted by molar-refractivity contribution is 6.01. The molecule has 2 aliphatic heterocycles. The molecule has 7 heteroatoms. The van der Waals surface area contributed by atoms with Gasteiger partial charge in [0.15, 0.2) is 0 Å². The summed E-state index contributed by atoms with van der Waals surface area (Å²) in [6.45, 7) is 1.13. The number of nitrogens with one attached hydrogen (secondary N) is 1. The second-order valence-electron chi connectivity index (χ2n) is 3.32. The summed E-state index contributed by atoms with van der Waals surface area (Å²) >= 11 is 0. The standard InChI is InChI=1S/C8H10N2O5/c11-6-1-2-7(12)10(6)15-8(13)14-5-3-9-4-5/h5,9H,1-4H2. The van der Waals surface area contributed by atoms with Gasteiger partial charge in [-0.3, -0.25) is 14.4 Å². The molecule has 0 unspecified atom stereocenters. The Morgan fingerprint density at radius 3 is 2.33 bits per heavy atom. The largest absolute Gasteiger partial charge is 0.534 e. The van der Waals surface area contributed by atoms with E-state index in [1.807, 2.05) is 0 Å². The van der Waals surface area contributed by atoms with Crippen molar-refractivity contribution in [3.8, 4) is 0 Å². The zero-order chi connectivity index (χ0) is 10.8. The molecule has 2 aliphatic rings. The molecule has 0 spiro atoms. The summed E-state index contributed by atoms with van der Waals surface area (Å²) < 4.78 is 4.78. The van der Waals surface area contributed by atoms with E-state index in [9.17, 15) is 14.4 Å². The van der Waals surface area contributed by atoms with E-state index in [1.54, 1.807) is 0 Å². The maximum atomic E-state index is 11.1. The van der Waals surface area contributed by atoms with Crippen molar-refractivity contribution in [1.29, 1.82) is 0 Å². The summed E-state index contributed by atoms with van der Waals surface area (Å²) in [4.78, 5) is 37.7. The van der Waals surface area contributed by atoms with Crippen LogP contribution in [0, 0.1) is 0 Å². The van der Waals surface area contributed by atoms with Crippen molar-refractivity contribution in [2.24, 2.45) is 0 Å². The third kappa shape index (κ3) is 2.07. The molecular formula is C8H10N2O5. The average Bonchev–Trinajstić information content (AvgIpc) is 2.43. The molecule has 0 aliphatic carbocycles. The van der Waals surface area contributed by atoms with Crippen LogP contribution in [0.5, 0.6) is 0 Å². The quantitative estimate of drug-likeness (QED) is 0.477. The summed E-state index contributed by atoms with van der Waals surface area (Å²) in [5.41, 5.74) is 0.